The van der Waals surface area contributed by atoms with E-state index in [1.807, 2.05) is 0 Å². The van der Waals surface area contributed by atoms with Gasteiger partial charge in [0.1, 0.15) is 0 Å². The first-order valence-electron chi connectivity index (χ1n) is 17.0. The second-order valence-corrected chi connectivity index (χ2v) is 13.4. The molecule has 0 aromatic heterocycles. The van der Waals surface area contributed by atoms with Crippen LogP contribution in [-0.2, 0) is 0 Å². The van der Waals surface area contributed by atoms with E-state index in [9.17, 15) is 0 Å². The third kappa shape index (κ3) is 7.25. The smallest absolute Gasteiger partial charge is 0.0462 e. The van der Waals surface area contributed by atoms with E-state index >= 15 is 0 Å². The van der Waals surface area contributed by atoms with Crippen LogP contribution in [0.1, 0.15) is 85.1 Å². The maximum atomic E-state index is 2.51. The van der Waals surface area contributed by atoms with Crippen molar-refractivity contribution in [3.8, 4) is 22.3 Å². The molecule has 0 saturated carbocycles. The Bertz CT molecular complexity index is 1610. The van der Waals surface area contributed by atoms with Gasteiger partial charge in [-0.25, -0.2) is 0 Å². The lowest BCUT2D eigenvalue weighted by atomic mass is 9.63. The van der Waals surface area contributed by atoms with Crippen molar-refractivity contribution in [1.29, 1.82) is 0 Å². The molecule has 0 heterocycles. The molecule has 1 atom stereocenters. The number of rotatable bonds is 13. The van der Waals surface area contributed by atoms with E-state index in [-0.39, 0.29) is 5.41 Å². The van der Waals surface area contributed by atoms with Gasteiger partial charge < -0.3 is 4.90 Å². The number of benzene rings is 5. The highest BCUT2D eigenvalue weighted by Crippen LogP contribution is 2.50. The molecule has 0 aliphatic carbocycles. The van der Waals surface area contributed by atoms with Crippen LogP contribution in [0.25, 0.3) is 22.3 Å². The first-order chi connectivity index (χ1) is 21.8. The fraction of sp³-hybridized carbons (Fsp3) is 0.318. The number of nitrogens with zero attached hydrogens (tertiary/aromatic N) is 1. The van der Waals surface area contributed by atoms with Crippen molar-refractivity contribution in [2.45, 2.75) is 79.6 Å². The van der Waals surface area contributed by atoms with E-state index in [1.165, 1.54) is 59.9 Å². The average Bonchev–Trinajstić information content (AvgIpc) is 3.12. The van der Waals surface area contributed by atoms with E-state index in [2.05, 4.69) is 180 Å². The van der Waals surface area contributed by atoms with Gasteiger partial charge in [0.05, 0.1) is 0 Å². The van der Waals surface area contributed by atoms with E-state index in [0.29, 0.717) is 11.3 Å². The molecule has 0 amide bonds. The highest BCUT2D eigenvalue weighted by molar-refractivity contribution is 5.79. The Labute approximate surface area is 273 Å². The molecule has 5 aromatic carbocycles. The van der Waals surface area contributed by atoms with Gasteiger partial charge in [-0.05, 0) is 87.4 Å². The van der Waals surface area contributed by atoms with E-state index in [1.54, 1.807) is 0 Å². The first kappa shape index (κ1) is 32.3. The lowest BCUT2D eigenvalue weighted by Crippen LogP contribution is -2.30. The molecule has 0 aliphatic rings. The maximum absolute atomic E-state index is 2.51. The summed E-state index contributed by atoms with van der Waals surface area (Å²) in [5.41, 5.74) is 10.6. The molecule has 0 bridgehead atoms. The Morgan fingerprint density at radius 1 is 0.467 bits per heavy atom. The summed E-state index contributed by atoms with van der Waals surface area (Å²) < 4.78 is 0. The van der Waals surface area contributed by atoms with Crippen LogP contribution in [0, 0.1) is 10.8 Å². The monoisotopic (exact) mass is 593 g/mol. The molecule has 0 saturated heterocycles. The first-order valence-corrected chi connectivity index (χ1v) is 17.0. The lowest BCUT2D eigenvalue weighted by molar-refractivity contribution is 0.150. The predicted molar refractivity (Wildman–Crippen MR) is 197 cm³/mol. The summed E-state index contributed by atoms with van der Waals surface area (Å²) in [7, 11) is 0. The molecule has 0 fully saturated rings. The van der Waals surface area contributed by atoms with E-state index in [4.69, 9.17) is 0 Å². The average molecular weight is 594 g/mol. The van der Waals surface area contributed by atoms with Crippen LogP contribution < -0.4 is 4.90 Å². The SMILES string of the molecule is CCC(C)(CC)CC(c1cccc(-c2ccc(N(c3ccccc3)c3ccc(-c4ccccc4)cc3)cc2)c1)C(C)(CC)CC. The topological polar surface area (TPSA) is 3.24 Å². The van der Waals surface area contributed by atoms with Crippen molar-refractivity contribution >= 4 is 17.1 Å². The van der Waals surface area contributed by atoms with Gasteiger partial charge in [0.15, 0.2) is 0 Å². The van der Waals surface area contributed by atoms with Crippen molar-refractivity contribution in [2.24, 2.45) is 10.8 Å². The molecule has 5 aromatic rings. The third-order valence-corrected chi connectivity index (χ3v) is 10.9. The third-order valence-electron chi connectivity index (χ3n) is 10.9. The van der Waals surface area contributed by atoms with Crippen LogP contribution in [0.4, 0.5) is 17.1 Å². The molecule has 232 valence electrons. The summed E-state index contributed by atoms with van der Waals surface area (Å²) >= 11 is 0. The van der Waals surface area contributed by atoms with Crippen LogP contribution in [0.2, 0.25) is 0 Å². The second kappa shape index (κ2) is 14.3. The van der Waals surface area contributed by atoms with Gasteiger partial charge >= 0.3 is 0 Å². The Balaban J connectivity index is 1.48. The van der Waals surface area contributed by atoms with Crippen LogP contribution in [0.3, 0.4) is 0 Å². The van der Waals surface area contributed by atoms with E-state index < -0.39 is 0 Å². The van der Waals surface area contributed by atoms with Crippen LogP contribution in [0.15, 0.2) is 133 Å². The molecular weight excluding hydrogens is 542 g/mol. The predicted octanol–water partition coefficient (Wildman–Crippen LogP) is 13.6. The van der Waals surface area contributed by atoms with Gasteiger partial charge in [0.2, 0.25) is 0 Å². The van der Waals surface area contributed by atoms with Gasteiger partial charge in [0.25, 0.3) is 0 Å². The summed E-state index contributed by atoms with van der Waals surface area (Å²) in [6.07, 6.45) is 6.06. The number of para-hydroxylation sites is 1. The molecular formula is C44H51N. The van der Waals surface area contributed by atoms with Crippen LogP contribution >= 0.6 is 0 Å². The molecule has 1 unspecified atom stereocenters. The Morgan fingerprint density at radius 3 is 1.42 bits per heavy atom. The quantitative estimate of drug-likeness (QED) is 0.131. The second-order valence-electron chi connectivity index (χ2n) is 13.4. The van der Waals surface area contributed by atoms with Crippen molar-refractivity contribution in [3.05, 3.63) is 139 Å². The largest absolute Gasteiger partial charge is 0.311 e. The number of hydrogen-bond acceptors (Lipinski definition) is 1. The Hall–Kier alpha value is -4.10. The molecule has 1 heteroatoms. The molecule has 0 radical (unpaired) electrons. The van der Waals surface area contributed by atoms with Gasteiger partial charge in [-0.1, -0.05) is 164 Å². The summed E-state index contributed by atoms with van der Waals surface area (Å²) in [5, 5.41) is 0. The summed E-state index contributed by atoms with van der Waals surface area (Å²) in [6, 6.07) is 48.7. The summed E-state index contributed by atoms with van der Waals surface area (Å²) in [5.74, 6) is 0.532. The minimum absolute atomic E-state index is 0.278. The maximum Gasteiger partial charge on any atom is 0.0462 e. The van der Waals surface area contributed by atoms with Crippen molar-refractivity contribution < 1.29 is 0 Å². The minimum Gasteiger partial charge on any atom is -0.311 e. The van der Waals surface area contributed by atoms with E-state index in [0.717, 1.165) is 17.1 Å². The summed E-state index contributed by atoms with van der Waals surface area (Å²) in [6.45, 7) is 14.5. The van der Waals surface area contributed by atoms with Crippen LogP contribution in [-0.4, -0.2) is 0 Å². The minimum atomic E-state index is 0.278. The van der Waals surface area contributed by atoms with Crippen molar-refractivity contribution in [1.82, 2.24) is 0 Å². The molecule has 0 aliphatic heterocycles. The normalized spacial score (nSPS) is 12.6. The van der Waals surface area contributed by atoms with Crippen molar-refractivity contribution in [2.75, 3.05) is 4.90 Å². The van der Waals surface area contributed by atoms with Gasteiger partial charge in [0, 0.05) is 17.1 Å². The Kier molecular flexibility index (Phi) is 10.3. The van der Waals surface area contributed by atoms with Crippen molar-refractivity contribution in [3.63, 3.8) is 0 Å². The standard InChI is InChI=1S/C44H51N/c1-7-43(5,8-2)33-42(44(6,9-3)10-4)38-21-17-20-37(32-38)36-26-30-41(31-27-36)45(39-22-15-12-16-23-39)40-28-24-35(25-29-40)34-18-13-11-14-19-34/h11-32,42H,7-10,33H2,1-6H3. The zero-order chi connectivity index (χ0) is 31.9. The zero-order valence-corrected chi connectivity index (χ0v) is 28.3. The number of anilines is 3. The summed E-state index contributed by atoms with van der Waals surface area (Å²) in [4.78, 5) is 2.34. The molecule has 5 rings (SSSR count). The fourth-order valence-electron chi connectivity index (χ4n) is 6.74. The molecule has 45 heavy (non-hydrogen) atoms. The van der Waals surface area contributed by atoms with Gasteiger partial charge in [-0.2, -0.15) is 0 Å². The molecule has 1 nitrogen and oxygen atoms in total. The fourth-order valence-corrected chi connectivity index (χ4v) is 6.74. The Morgan fingerprint density at radius 2 is 0.911 bits per heavy atom. The highest BCUT2D eigenvalue weighted by atomic mass is 15.1. The number of hydrogen-bond donors (Lipinski definition) is 0. The molecule has 0 N–H and O–H groups in total. The van der Waals surface area contributed by atoms with Gasteiger partial charge in [-0.3, -0.25) is 0 Å². The van der Waals surface area contributed by atoms with Crippen LogP contribution in [0.5, 0.6) is 0 Å². The lowest BCUT2D eigenvalue weighted by Gasteiger charge is -2.42. The molecule has 0 spiro atoms. The highest BCUT2D eigenvalue weighted by Gasteiger charge is 2.37. The van der Waals surface area contributed by atoms with Gasteiger partial charge in [-0.15, -0.1) is 0 Å². The zero-order valence-electron chi connectivity index (χ0n) is 28.3.